The lowest BCUT2D eigenvalue weighted by Gasteiger charge is -1.65. The second-order valence-electron chi connectivity index (χ2n) is 0.440. The van der Waals surface area contributed by atoms with Gasteiger partial charge in [-0.3, -0.25) is 0 Å². The first-order valence-corrected chi connectivity index (χ1v) is 2.20. The highest BCUT2D eigenvalue weighted by atomic mass is 32.2. The van der Waals surface area contributed by atoms with E-state index in [1.54, 1.807) is 0 Å². The molecule has 0 atom stereocenters. The van der Waals surface area contributed by atoms with Crippen LogP contribution in [0, 0.1) is 17.6 Å². The molecule has 0 unspecified atom stereocenters. The monoisotopic (exact) mass is 86.0 g/mol. The number of rotatable bonds is 1. The molecule has 0 rings (SSSR count). The van der Waals surface area contributed by atoms with Crippen LogP contribution >= 0.6 is 11.8 Å². The molecule has 1 radical (unpaired) electrons. The lowest BCUT2D eigenvalue weighted by Crippen LogP contribution is -1.53. The number of nitrogens with zero attached hydrogens (tertiary/aromatic N) is 1. The fourth-order valence-electron chi connectivity index (χ4n) is 0.0456. The van der Waals surface area contributed by atoms with Crippen molar-refractivity contribution in [2.45, 2.75) is 0 Å². The zero-order valence-electron chi connectivity index (χ0n) is 2.77. The van der Waals surface area contributed by atoms with Gasteiger partial charge in [0.15, 0.2) is 0 Å². The van der Waals surface area contributed by atoms with E-state index < -0.39 is 0 Å². The van der Waals surface area contributed by atoms with E-state index in [-0.39, 0.29) is 0 Å². The molecule has 0 bridgehead atoms. The van der Waals surface area contributed by atoms with Crippen molar-refractivity contribution < 1.29 is 0 Å². The smallest absolute Gasteiger partial charge is 0.133 e. The molecule has 0 aliphatic carbocycles. The Labute approximate surface area is 36.0 Å². The van der Waals surface area contributed by atoms with Crippen LogP contribution in [0.3, 0.4) is 0 Å². The van der Waals surface area contributed by atoms with Crippen LogP contribution < -0.4 is 0 Å². The molecule has 0 aromatic carbocycles. The first kappa shape index (κ1) is 4.84. The van der Waals surface area contributed by atoms with Gasteiger partial charge in [0.25, 0.3) is 0 Å². The van der Waals surface area contributed by atoms with E-state index in [1.165, 1.54) is 0 Å². The zero-order valence-corrected chi connectivity index (χ0v) is 3.59. The van der Waals surface area contributed by atoms with Crippen LogP contribution in [0.2, 0.25) is 0 Å². The van der Waals surface area contributed by atoms with Crippen LogP contribution in [0.15, 0.2) is 0 Å². The minimum absolute atomic E-state index is 0.649. The van der Waals surface area contributed by atoms with E-state index in [0.29, 0.717) is 5.75 Å². The standard InChI is InChI=1S/C3H4NS/c1-2-5-3-4/h1-2H2. The SMILES string of the molecule is [CH2]CSC#N. The Bertz CT molecular complexity index is 45.3. The molecule has 2 heteroatoms. The van der Waals surface area contributed by atoms with Crippen LogP contribution in [0.1, 0.15) is 0 Å². The van der Waals surface area contributed by atoms with Crippen molar-refractivity contribution in [1.82, 2.24) is 0 Å². The van der Waals surface area contributed by atoms with Crippen molar-refractivity contribution in [3.63, 3.8) is 0 Å². The summed E-state index contributed by atoms with van der Waals surface area (Å²) in [4.78, 5) is 0. The second kappa shape index (κ2) is 3.84. The molecule has 1 nitrogen and oxygen atoms in total. The van der Waals surface area contributed by atoms with Gasteiger partial charge in [0.05, 0.1) is 0 Å². The molecule has 5 heavy (non-hydrogen) atoms. The number of thiocyanates is 1. The van der Waals surface area contributed by atoms with Crippen LogP contribution in [0.4, 0.5) is 0 Å². The molecular formula is C3H4NS. The Morgan fingerprint density at radius 2 is 2.60 bits per heavy atom. The quantitative estimate of drug-likeness (QED) is 0.445. The van der Waals surface area contributed by atoms with Gasteiger partial charge in [-0.2, -0.15) is 5.26 Å². The third-order valence-corrected chi connectivity index (χ3v) is 0.500. The van der Waals surface area contributed by atoms with Gasteiger partial charge in [-0.05, 0) is 18.7 Å². The first-order chi connectivity index (χ1) is 2.41. The normalized spacial score (nSPS) is 6.40. The molecule has 0 aromatic heterocycles. The lowest BCUT2D eigenvalue weighted by molar-refractivity contribution is 1.57. The fraction of sp³-hybridized carbons (Fsp3) is 0.333. The van der Waals surface area contributed by atoms with Gasteiger partial charge in [-0.15, -0.1) is 0 Å². The van der Waals surface area contributed by atoms with Gasteiger partial charge in [0, 0.05) is 5.75 Å². The van der Waals surface area contributed by atoms with E-state index in [0.717, 1.165) is 11.8 Å². The average molecular weight is 86.1 g/mol. The highest BCUT2D eigenvalue weighted by Crippen LogP contribution is 1.89. The topological polar surface area (TPSA) is 23.8 Å². The van der Waals surface area contributed by atoms with Gasteiger partial charge in [0.2, 0.25) is 0 Å². The summed E-state index contributed by atoms with van der Waals surface area (Å²) in [6.07, 6.45) is 0. The Balaban J connectivity index is 2.48. The van der Waals surface area contributed by atoms with E-state index >= 15 is 0 Å². The van der Waals surface area contributed by atoms with Crippen molar-refractivity contribution >= 4 is 11.8 Å². The first-order valence-electron chi connectivity index (χ1n) is 1.22. The number of thioether (sulfide) groups is 1. The molecule has 0 aliphatic heterocycles. The molecule has 0 aromatic rings. The zero-order chi connectivity index (χ0) is 4.12. The number of hydrogen-bond acceptors (Lipinski definition) is 2. The lowest BCUT2D eigenvalue weighted by atomic mass is 11.0. The Kier molecular flexibility index (Phi) is 3.72. The maximum Gasteiger partial charge on any atom is 0.133 e. The summed E-state index contributed by atoms with van der Waals surface area (Å²) in [5.74, 6) is 0.649. The molecule has 0 saturated heterocycles. The van der Waals surface area contributed by atoms with E-state index in [4.69, 9.17) is 5.26 Å². The van der Waals surface area contributed by atoms with Gasteiger partial charge in [-0.25, -0.2) is 0 Å². The van der Waals surface area contributed by atoms with Crippen LogP contribution in [0.5, 0.6) is 0 Å². The maximum absolute atomic E-state index is 7.74. The molecule has 0 saturated carbocycles. The summed E-state index contributed by atoms with van der Waals surface area (Å²) in [5, 5.41) is 9.61. The summed E-state index contributed by atoms with van der Waals surface area (Å²) in [5.41, 5.74) is 0. The van der Waals surface area contributed by atoms with Gasteiger partial charge in [-0.1, -0.05) is 0 Å². The average Bonchev–Trinajstić information content (AvgIpc) is 1.41. The molecule has 0 amide bonds. The third kappa shape index (κ3) is 3.84. The Morgan fingerprint density at radius 1 is 2.00 bits per heavy atom. The Morgan fingerprint density at radius 3 is 2.60 bits per heavy atom. The van der Waals surface area contributed by atoms with Crippen molar-refractivity contribution in [2.75, 3.05) is 5.75 Å². The molecule has 27 valence electrons. The summed E-state index contributed by atoms with van der Waals surface area (Å²) in [6, 6.07) is 0. The molecule has 0 fully saturated rings. The maximum atomic E-state index is 7.74. The fourth-order valence-corrected chi connectivity index (χ4v) is 0.137. The van der Waals surface area contributed by atoms with E-state index in [2.05, 4.69) is 6.92 Å². The van der Waals surface area contributed by atoms with E-state index in [9.17, 15) is 0 Å². The third-order valence-electron chi connectivity index (χ3n) is 0.167. The van der Waals surface area contributed by atoms with E-state index in [1.807, 2.05) is 5.40 Å². The highest BCUT2D eigenvalue weighted by molar-refractivity contribution is 8.03. The summed E-state index contributed by atoms with van der Waals surface area (Å²) in [7, 11) is 0. The number of nitriles is 1. The number of hydrogen-bond donors (Lipinski definition) is 0. The van der Waals surface area contributed by atoms with Gasteiger partial charge >= 0.3 is 0 Å². The van der Waals surface area contributed by atoms with Crippen molar-refractivity contribution in [2.24, 2.45) is 0 Å². The molecule has 0 heterocycles. The largest absolute Gasteiger partial charge is 0.185 e. The van der Waals surface area contributed by atoms with Gasteiger partial charge < -0.3 is 0 Å². The van der Waals surface area contributed by atoms with Crippen LogP contribution in [0.25, 0.3) is 0 Å². The van der Waals surface area contributed by atoms with Crippen LogP contribution in [-0.4, -0.2) is 5.75 Å². The summed E-state index contributed by atoms with van der Waals surface area (Å²) >= 11 is 1.16. The highest BCUT2D eigenvalue weighted by Gasteiger charge is 1.65. The minimum Gasteiger partial charge on any atom is -0.185 e. The molecule has 0 N–H and O–H groups in total. The van der Waals surface area contributed by atoms with Crippen LogP contribution in [-0.2, 0) is 0 Å². The predicted octanol–water partition coefficient (Wildman–Crippen LogP) is 1.03. The van der Waals surface area contributed by atoms with Gasteiger partial charge in [0.1, 0.15) is 5.40 Å². The van der Waals surface area contributed by atoms with Crippen molar-refractivity contribution in [1.29, 1.82) is 5.26 Å². The summed E-state index contributed by atoms with van der Waals surface area (Å²) in [6.45, 7) is 3.42. The van der Waals surface area contributed by atoms with Crippen molar-refractivity contribution in [3.05, 3.63) is 6.92 Å². The summed E-state index contributed by atoms with van der Waals surface area (Å²) < 4.78 is 0. The predicted molar refractivity (Wildman–Crippen MR) is 23.4 cm³/mol. The van der Waals surface area contributed by atoms with Crippen molar-refractivity contribution in [3.8, 4) is 5.40 Å². The molecule has 0 aliphatic rings. The minimum atomic E-state index is 0.649. The second-order valence-corrected chi connectivity index (χ2v) is 1.32. The molecule has 0 spiro atoms. The molecular weight excluding hydrogens is 82.1 g/mol. The Hall–Kier alpha value is -0.160.